The minimum absolute atomic E-state index is 0.573. The molecule has 1 saturated carbocycles. The quantitative estimate of drug-likeness (QED) is 0.773. The van der Waals surface area contributed by atoms with Crippen molar-refractivity contribution in [2.75, 3.05) is 13.6 Å². The second kappa shape index (κ2) is 4.15. The van der Waals surface area contributed by atoms with Gasteiger partial charge in [-0.3, -0.25) is 4.90 Å². The molecule has 1 aromatic rings. The third-order valence-electron chi connectivity index (χ3n) is 2.74. The van der Waals surface area contributed by atoms with Gasteiger partial charge in [-0.1, -0.05) is 0 Å². The molecule has 1 aliphatic carbocycles. The van der Waals surface area contributed by atoms with Crippen LogP contribution < -0.4 is 5.73 Å². The van der Waals surface area contributed by atoms with Gasteiger partial charge < -0.3 is 10.2 Å². The van der Waals surface area contributed by atoms with Gasteiger partial charge >= 0.3 is 0 Å². The fraction of sp³-hybridized carbons (Fsp3) is 0.636. The Bertz CT molecular complexity index is 291. The van der Waals surface area contributed by atoms with E-state index in [0.717, 1.165) is 23.8 Å². The van der Waals surface area contributed by atoms with Crippen LogP contribution in [0.25, 0.3) is 0 Å². The Hall–Kier alpha value is -0.800. The number of nitrogens with zero attached hydrogens (tertiary/aromatic N) is 1. The summed E-state index contributed by atoms with van der Waals surface area (Å²) in [5.41, 5.74) is 6.74. The largest absolute Gasteiger partial charge is 0.468 e. The number of furan rings is 1. The Morgan fingerprint density at radius 1 is 1.57 bits per heavy atom. The molecule has 0 radical (unpaired) electrons. The van der Waals surface area contributed by atoms with Crippen molar-refractivity contribution >= 4 is 0 Å². The molecule has 14 heavy (non-hydrogen) atoms. The molecular weight excluding hydrogens is 176 g/mol. The smallest absolute Gasteiger partial charge is 0.122 e. The molecule has 0 saturated heterocycles. The highest BCUT2D eigenvalue weighted by Gasteiger charge is 2.23. The fourth-order valence-corrected chi connectivity index (χ4v) is 1.74. The normalized spacial score (nSPS) is 16.5. The van der Waals surface area contributed by atoms with Crippen LogP contribution in [0.2, 0.25) is 0 Å². The third-order valence-corrected chi connectivity index (χ3v) is 2.74. The predicted octanol–water partition coefficient (Wildman–Crippen LogP) is 1.58. The zero-order valence-corrected chi connectivity index (χ0v) is 8.70. The molecule has 3 heteroatoms. The molecule has 0 unspecified atom stereocenters. The first-order valence-corrected chi connectivity index (χ1v) is 5.23. The van der Waals surface area contributed by atoms with Crippen LogP contribution in [-0.2, 0) is 13.1 Å². The summed E-state index contributed by atoms with van der Waals surface area (Å²) < 4.78 is 5.41. The van der Waals surface area contributed by atoms with Gasteiger partial charge in [-0.25, -0.2) is 0 Å². The van der Waals surface area contributed by atoms with Gasteiger partial charge in [-0.15, -0.1) is 0 Å². The first-order valence-electron chi connectivity index (χ1n) is 5.23. The van der Waals surface area contributed by atoms with E-state index in [0.29, 0.717) is 6.54 Å². The zero-order valence-electron chi connectivity index (χ0n) is 8.70. The Labute approximate surface area is 84.9 Å². The van der Waals surface area contributed by atoms with Crippen molar-refractivity contribution in [3.63, 3.8) is 0 Å². The van der Waals surface area contributed by atoms with Crippen molar-refractivity contribution in [1.82, 2.24) is 4.90 Å². The maximum Gasteiger partial charge on any atom is 0.122 e. The van der Waals surface area contributed by atoms with Crippen LogP contribution >= 0.6 is 0 Å². The molecule has 0 aromatic carbocycles. The average Bonchev–Trinajstić information content (AvgIpc) is 2.84. The first-order chi connectivity index (χ1) is 6.79. The van der Waals surface area contributed by atoms with E-state index in [1.54, 1.807) is 6.26 Å². The van der Waals surface area contributed by atoms with E-state index < -0.39 is 0 Å². The molecule has 3 nitrogen and oxygen atoms in total. The summed E-state index contributed by atoms with van der Waals surface area (Å²) >= 11 is 0. The Kier molecular flexibility index (Phi) is 2.89. The second-order valence-electron chi connectivity index (χ2n) is 4.21. The lowest BCUT2D eigenvalue weighted by molar-refractivity contribution is 0.283. The second-order valence-corrected chi connectivity index (χ2v) is 4.21. The van der Waals surface area contributed by atoms with E-state index in [1.165, 1.54) is 19.4 Å². The topological polar surface area (TPSA) is 42.4 Å². The molecule has 1 fully saturated rings. The molecule has 0 spiro atoms. The van der Waals surface area contributed by atoms with Crippen LogP contribution in [0.1, 0.15) is 24.2 Å². The van der Waals surface area contributed by atoms with Crippen LogP contribution in [0.4, 0.5) is 0 Å². The maximum absolute atomic E-state index is 5.61. The van der Waals surface area contributed by atoms with Crippen molar-refractivity contribution in [2.24, 2.45) is 11.7 Å². The Balaban J connectivity index is 1.88. The summed E-state index contributed by atoms with van der Waals surface area (Å²) in [6, 6.07) is 1.96. The number of rotatable bonds is 5. The van der Waals surface area contributed by atoms with Crippen LogP contribution in [0.15, 0.2) is 16.7 Å². The lowest BCUT2D eigenvalue weighted by Gasteiger charge is -2.14. The third kappa shape index (κ3) is 2.36. The monoisotopic (exact) mass is 194 g/mol. The molecule has 1 heterocycles. The Morgan fingerprint density at radius 3 is 3.00 bits per heavy atom. The van der Waals surface area contributed by atoms with Crippen molar-refractivity contribution in [3.8, 4) is 0 Å². The van der Waals surface area contributed by atoms with Gasteiger partial charge in [0.25, 0.3) is 0 Å². The van der Waals surface area contributed by atoms with Crippen molar-refractivity contribution < 1.29 is 4.42 Å². The molecule has 2 N–H and O–H groups in total. The fourth-order valence-electron chi connectivity index (χ4n) is 1.74. The van der Waals surface area contributed by atoms with E-state index in [-0.39, 0.29) is 0 Å². The lowest BCUT2D eigenvalue weighted by atomic mass is 10.2. The highest BCUT2D eigenvalue weighted by molar-refractivity contribution is 5.16. The van der Waals surface area contributed by atoms with Crippen molar-refractivity contribution in [1.29, 1.82) is 0 Å². The molecule has 0 bridgehead atoms. The summed E-state index contributed by atoms with van der Waals surface area (Å²) in [7, 11) is 2.14. The summed E-state index contributed by atoms with van der Waals surface area (Å²) in [5.74, 6) is 1.95. The van der Waals surface area contributed by atoms with Gasteiger partial charge in [-0.2, -0.15) is 0 Å². The van der Waals surface area contributed by atoms with Crippen molar-refractivity contribution in [2.45, 2.75) is 25.9 Å². The highest BCUT2D eigenvalue weighted by Crippen LogP contribution is 2.29. The zero-order chi connectivity index (χ0) is 9.97. The molecule has 1 aliphatic rings. The summed E-state index contributed by atoms with van der Waals surface area (Å²) in [4.78, 5) is 2.32. The predicted molar refractivity (Wildman–Crippen MR) is 55.7 cm³/mol. The summed E-state index contributed by atoms with van der Waals surface area (Å²) in [5, 5.41) is 0. The van der Waals surface area contributed by atoms with Gasteiger partial charge in [0.15, 0.2) is 0 Å². The number of hydrogen-bond acceptors (Lipinski definition) is 3. The molecule has 0 atom stereocenters. The summed E-state index contributed by atoms with van der Waals surface area (Å²) in [6.45, 7) is 2.64. The minimum atomic E-state index is 0.573. The van der Waals surface area contributed by atoms with Crippen molar-refractivity contribution in [3.05, 3.63) is 23.7 Å². The molecule has 0 amide bonds. The lowest BCUT2D eigenvalue weighted by Crippen LogP contribution is -2.21. The minimum Gasteiger partial charge on any atom is -0.468 e. The van der Waals surface area contributed by atoms with Crippen LogP contribution in [0.3, 0.4) is 0 Å². The number of hydrogen-bond donors (Lipinski definition) is 1. The van der Waals surface area contributed by atoms with Gasteiger partial charge in [-0.05, 0) is 31.9 Å². The van der Waals surface area contributed by atoms with E-state index >= 15 is 0 Å². The molecule has 1 aromatic heterocycles. The Morgan fingerprint density at radius 2 is 2.36 bits per heavy atom. The van der Waals surface area contributed by atoms with Crippen LogP contribution in [0, 0.1) is 5.92 Å². The summed E-state index contributed by atoms with van der Waals surface area (Å²) in [6.07, 6.45) is 4.51. The molecule has 78 valence electrons. The first kappa shape index (κ1) is 9.74. The van der Waals surface area contributed by atoms with E-state index in [1.807, 2.05) is 6.07 Å². The number of nitrogens with two attached hydrogens (primary N) is 1. The van der Waals surface area contributed by atoms with Gasteiger partial charge in [0, 0.05) is 18.7 Å². The molecule has 2 rings (SSSR count). The van der Waals surface area contributed by atoms with Crippen LogP contribution in [0.5, 0.6) is 0 Å². The average molecular weight is 194 g/mol. The molecule has 0 aliphatic heterocycles. The highest BCUT2D eigenvalue weighted by atomic mass is 16.3. The van der Waals surface area contributed by atoms with E-state index in [2.05, 4.69) is 11.9 Å². The van der Waals surface area contributed by atoms with Gasteiger partial charge in [0.1, 0.15) is 5.76 Å². The van der Waals surface area contributed by atoms with E-state index in [4.69, 9.17) is 10.2 Å². The molecular formula is C11H18N2O. The van der Waals surface area contributed by atoms with Gasteiger partial charge in [0.2, 0.25) is 0 Å². The van der Waals surface area contributed by atoms with E-state index in [9.17, 15) is 0 Å². The van der Waals surface area contributed by atoms with Crippen LogP contribution in [-0.4, -0.2) is 18.5 Å². The SMILES string of the molecule is CN(Cc1occc1CN)CC1CC1. The standard InChI is InChI=1S/C11H18N2O/c1-13(7-9-2-3-9)8-11-10(6-12)4-5-14-11/h4-5,9H,2-3,6-8,12H2,1H3. The maximum atomic E-state index is 5.61. The van der Waals surface area contributed by atoms with Gasteiger partial charge in [0.05, 0.1) is 12.8 Å².